The van der Waals surface area contributed by atoms with Crippen molar-refractivity contribution in [2.45, 2.75) is 44.2 Å². The van der Waals surface area contributed by atoms with Crippen LogP contribution in [-0.4, -0.2) is 64.7 Å². The Kier molecular flexibility index (Phi) is 4.19. The van der Waals surface area contributed by atoms with Crippen molar-refractivity contribution >= 4 is 12.0 Å². The second-order valence-electron chi connectivity index (χ2n) is 7.40. The van der Waals surface area contributed by atoms with E-state index in [1.807, 2.05) is 0 Å². The van der Waals surface area contributed by atoms with Crippen LogP contribution in [0.15, 0.2) is 0 Å². The third kappa shape index (κ3) is 3.13. The van der Waals surface area contributed by atoms with Crippen molar-refractivity contribution in [3.63, 3.8) is 0 Å². The molecule has 0 aromatic heterocycles. The van der Waals surface area contributed by atoms with E-state index in [0.717, 1.165) is 25.7 Å². The number of fused-ring (bicyclic) bond motifs is 1. The number of carbonyl (C=O) groups excluding carboxylic acids is 1. The van der Waals surface area contributed by atoms with Gasteiger partial charge in [-0.1, -0.05) is 0 Å². The van der Waals surface area contributed by atoms with Gasteiger partial charge in [-0.25, -0.2) is 4.79 Å². The Hall–Kier alpha value is -1.81. The highest BCUT2D eigenvalue weighted by molar-refractivity contribution is 5.79. The fraction of sp³-hybridized carbons (Fsp3) is 0.812. The number of nitrogens with one attached hydrogen (secondary N) is 1. The highest BCUT2D eigenvalue weighted by Gasteiger charge is 2.47. The van der Waals surface area contributed by atoms with Crippen LogP contribution in [0.3, 0.4) is 0 Å². The predicted octanol–water partition coefficient (Wildman–Crippen LogP) is 0.869. The maximum absolute atomic E-state index is 12.3. The summed E-state index contributed by atoms with van der Waals surface area (Å²) in [6.45, 7) is 4.27. The molecule has 3 atom stereocenters. The monoisotopic (exact) mass is 320 g/mol. The highest BCUT2D eigenvalue weighted by atomic mass is 16.4. The standard InChI is InChI=1S/C16H24N4O3/c1-16(5-11-9-19(15(22)23)10-12(11)6-16)18-8-14(21)20-4-2-3-13(20)7-17/h11-13,18H,2-6,8-10H2,1H3,(H,22,23). The van der Waals surface area contributed by atoms with Gasteiger partial charge in [-0.2, -0.15) is 5.26 Å². The molecule has 0 aromatic rings. The van der Waals surface area contributed by atoms with E-state index in [4.69, 9.17) is 10.4 Å². The Bertz CT molecular complexity index is 530. The number of hydrogen-bond donors (Lipinski definition) is 2. The molecule has 2 amide bonds. The van der Waals surface area contributed by atoms with E-state index in [0.29, 0.717) is 31.5 Å². The molecule has 1 saturated carbocycles. The highest BCUT2D eigenvalue weighted by Crippen LogP contribution is 2.43. The van der Waals surface area contributed by atoms with Crippen molar-refractivity contribution in [3.05, 3.63) is 0 Å². The zero-order valence-electron chi connectivity index (χ0n) is 13.5. The molecule has 0 bridgehead atoms. The van der Waals surface area contributed by atoms with E-state index in [1.165, 1.54) is 4.90 Å². The van der Waals surface area contributed by atoms with E-state index in [-0.39, 0.29) is 24.0 Å². The number of rotatable bonds is 3. The van der Waals surface area contributed by atoms with E-state index in [1.54, 1.807) is 4.90 Å². The molecule has 3 unspecified atom stereocenters. The minimum atomic E-state index is -0.833. The minimum Gasteiger partial charge on any atom is -0.465 e. The molecule has 2 heterocycles. The normalized spacial score (nSPS) is 36.1. The Morgan fingerprint density at radius 3 is 2.57 bits per heavy atom. The van der Waals surface area contributed by atoms with Gasteiger partial charge in [0.25, 0.3) is 0 Å². The van der Waals surface area contributed by atoms with Crippen LogP contribution in [0.25, 0.3) is 0 Å². The molecule has 2 N–H and O–H groups in total. The molecule has 0 aromatic carbocycles. The number of amides is 2. The predicted molar refractivity (Wildman–Crippen MR) is 82.6 cm³/mol. The van der Waals surface area contributed by atoms with Gasteiger partial charge in [0, 0.05) is 25.2 Å². The van der Waals surface area contributed by atoms with Gasteiger partial charge in [-0.15, -0.1) is 0 Å². The molecule has 1 aliphatic carbocycles. The van der Waals surface area contributed by atoms with Crippen LogP contribution < -0.4 is 5.32 Å². The molecule has 3 aliphatic rings. The van der Waals surface area contributed by atoms with Crippen LogP contribution in [0.2, 0.25) is 0 Å². The fourth-order valence-corrected chi connectivity index (χ4v) is 4.53. The van der Waals surface area contributed by atoms with Gasteiger partial charge in [-0.05, 0) is 44.4 Å². The molecule has 23 heavy (non-hydrogen) atoms. The first kappa shape index (κ1) is 16.1. The Labute approximate surface area is 136 Å². The molecule has 7 nitrogen and oxygen atoms in total. The topological polar surface area (TPSA) is 96.7 Å². The second kappa shape index (κ2) is 6.00. The molecule has 3 fully saturated rings. The number of carboxylic acid groups (broad SMARTS) is 1. The van der Waals surface area contributed by atoms with E-state index in [2.05, 4.69) is 18.3 Å². The van der Waals surface area contributed by atoms with Gasteiger partial charge >= 0.3 is 6.09 Å². The summed E-state index contributed by atoms with van der Waals surface area (Å²) in [6, 6.07) is 1.92. The molecular weight excluding hydrogens is 296 g/mol. The first-order chi connectivity index (χ1) is 10.9. The molecule has 2 saturated heterocycles. The first-order valence-corrected chi connectivity index (χ1v) is 8.34. The molecular formula is C16H24N4O3. The molecule has 126 valence electrons. The van der Waals surface area contributed by atoms with Gasteiger partial charge in [0.15, 0.2) is 0 Å². The number of nitriles is 1. The van der Waals surface area contributed by atoms with Gasteiger partial charge in [0.05, 0.1) is 12.6 Å². The molecule has 0 radical (unpaired) electrons. The second-order valence-corrected chi connectivity index (χ2v) is 7.40. The summed E-state index contributed by atoms with van der Waals surface area (Å²) in [7, 11) is 0. The van der Waals surface area contributed by atoms with Crippen LogP contribution in [0.1, 0.15) is 32.6 Å². The largest absolute Gasteiger partial charge is 0.465 e. The smallest absolute Gasteiger partial charge is 0.407 e. The van der Waals surface area contributed by atoms with Gasteiger partial charge in [0.1, 0.15) is 6.04 Å². The number of nitrogens with zero attached hydrogens (tertiary/aromatic N) is 3. The molecule has 2 aliphatic heterocycles. The average Bonchev–Trinajstić information content (AvgIpc) is 3.17. The van der Waals surface area contributed by atoms with Crippen LogP contribution in [-0.2, 0) is 4.79 Å². The first-order valence-electron chi connectivity index (χ1n) is 8.34. The van der Waals surface area contributed by atoms with Crippen molar-refractivity contribution < 1.29 is 14.7 Å². The summed E-state index contributed by atoms with van der Waals surface area (Å²) in [6.07, 6.45) is 2.64. The summed E-state index contributed by atoms with van der Waals surface area (Å²) >= 11 is 0. The van der Waals surface area contributed by atoms with Gasteiger partial charge in [0.2, 0.25) is 5.91 Å². The molecule has 7 heteroatoms. The van der Waals surface area contributed by atoms with E-state index in [9.17, 15) is 9.59 Å². The van der Waals surface area contributed by atoms with Crippen molar-refractivity contribution in [1.82, 2.24) is 15.1 Å². The fourth-order valence-electron chi connectivity index (χ4n) is 4.53. The SMILES string of the molecule is CC1(NCC(=O)N2CCCC2C#N)CC2CN(C(=O)O)CC2C1. The molecule has 3 rings (SSSR count). The maximum Gasteiger partial charge on any atom is 0.407 e. The summed E-state index contributed by atoms with van der Waals surface area (Å²) in [4.78, 5) is 26.6. The lowest BCUT2D eigenvalue weighted by atomic mass is 9.98. The lowest BCUT2D eigenvalue weighted by Crippen LogP contribution is -2.48. The Balaban J connectivity index is 1.51. The number of hydrogen-bond acceptors (Lipinski definition) is 4. The lowest BCUT2D eigenvalue weighted by Gasteiger charge is -2.29. The Morgan fingerprint density at radius 2 is 2.00 bits per heavy atom. The van der Waals surface area contributed by atoms with Gasteiger partial charge in [-0.3, -0.25) is 4.79 Å². The Morgan fingerprint density at radius 1 is 1.35 bits per heavy atom. The number of likely N-dealkylation sites (tertiary alicyclic amines) is 2. The van der Waals surface area contributed by atoms with E-state index < -0.39 is 6.09 Å². The van der Waals surface area contributed by atoms with E-state index >= 15 is 0 Å². The zero-order valence-corrected chi connectivity index (χ0v) is 13.5. The third-order valence-corrected chi connectivity index (χ3v) is 5.66. The summed E-state index contributed by atoms with van der Waals surface area (Å²) in [5.74, 6) is 0.772. The van der Waals surface area contributed by atoms with Crippen molar-refractivity contribution in [3.8, 4) is 6.07 Å². The summed E-state index contributed by atoms with van der Waals surface area (Å²) in [5, 5.41) is 21.5. The maximum atomic E-state index is 12.3. The number of carbonyl (C=O) groups is 2. The quantitative estimate of drug-likeness (QED) is 0.804. The average molecular weight is 320 g/mol. The van der Waals surface area contributed by atoms with Crippen LogP contribution in [0.4, 0.5) is 4.79 Å². The summed E-state index contributed by atoms with van der Waals surface area (Å²) < 4.78 is 0. The van der Waals surface area contributed by atoms with Crippen LogP contribution in [0.5, 0.6) is 0 Å². The lowest BCUT2D eigenvalue weighted by molar-refractivity contribution is -0.130. The van der Waals surface area contributed by atoms with Crippen molar-refractivity contribution in [2.75, 3.05) is 26.2 Å². The van der Waals surface area contributed by atoms with Crippen molar-refractivity contribution in [1.29, 1.82) is 5.26 Å². The molecule has 0 spiro atoms. The zero-order chi connectivity index (χ0) is 16.6. The minimum absolute atomic E-state index is 0.000466. The van der Waals surface area contributed by atoms with Crippen LogP contribution in [0, 0.1) is 23.2 Å². The van der Waals surface area contributed by atoms with Gasteiger partial charge < -0.3 is 20.2 Å². The summed E-state index contributed by atoms with van der Waals surface area (Å²) in [5.41, 5.74) is -0.114. The third-order valence-electron chi connectivity index (χ3n) is 5.66. The van der Waals surface area contributed by atoms with Crippen LogP contribution >= 0.6 is 0 Å². The van der Waals surface area contributed by atoms with Crippen molar-refractivity contribution in [2.24, 2.45) is 11.8 Å².